The minimum absolute atomic E-state index is 0.0680. The molecule has 150 valence electrons. The first-order chi connectivity index (χ1) is 13.0. The van der Waals surface area contributed by atoms with E-state index in [9.17, 15) is 13.2 Å². The zero-order valence-corrected chi connectivity index (χ0v) is 18.7. The summed E-state index contributed by atoms with van der Waals surface area (Å²) in [5, 5.41) is 2.95. The van der Waals surface area contributed by atoms with E-state index in [0.29, 0.717) is 5.56 Å². The van der Waals surface area contributed by atoms with Gasteiger partial charge in [0.05, 0.1) is 10.3 Å². The number of sulfonamides is 1. The second kappa shape index (κ2) is 7.61. The summed E-state index contributed by atoms with van der Waals surface area (Å²) in [6, 6.07) is 14.5. The highest BCUT2D eigenvalue weighted by atomic mass is 79.9. The van der Waals surface area contributed by atoms with Crippen molar-refractivity contribution in [1.82, 2.24) is 10.0 Å². The van der Waals surface area contributed by atoms with Crippen molar-refractivity contribution < 1.29 is 13.2 Å². The fourth-order valence-electron chi connectivity index (χ4n) is 3.27. The molecule has 1 fully saturated rings. The van der Waals surface area contributed by atoms with Gasteiger partial charge in [-0.25, -0.2) is 13.1 Å². The minimum atomic E-state index is -3.68. The fraction of sp³-hybridized carbons (Fsp3) is 0.381. The van der Waals surface area contributed by atoms with Gasteiger partial charge in [-0.05, 0) is 62.9 Å². The first-order valence-corrected chi connectivity index (χ1v) is 11.5. The summed E-state index contributed by atoms with van der Waals surface area (Å²) < 4.78 is 29.1. The van der Waals surface area contributed by atoms with E-state index < -0.39 is 21.0 Å². The molecule has 1 aliphatic rings. The Balaban J connectivity index is 1.78. The molecule has 1 amide bonds. The Morgan fingerprint density at radius 1 is 1.11 bits per heavy atom. The van der Waals surface area contributed by atoms with E-state index in [1.54, 1.807) is 45.0 Å². The van der Waals surface area contributed by atoms with Crippen LogP contribution in [-0.2, 0) is 26.8 Å². The van der Waals surface area contributed by atoms with Gasteiger partial charge in [0, 0.05) is 16.6 Å². The van der Waals surface area contributed by atoms with Crippen molar-refractivity contribution >= 4 is 31.9 Å². The summed E-state index contributed by atoms with van der Waals surface area (Å²) >= 11 is 3.46. The molecule has 2 aromatic carbocycles. The number of carbonyl (C=O) groups is 1. The van der Waals surface area contributed by atoms with Gasteiger partial charge in [0.1, 0.15) is 0 Å². The predicted octanol–water partition coefficient (Wildman–Crippen LogP) is 3.87. The second-order valence-electron chi connectivity index (χ2n) is 8.24. The molecular formula is C21H25BrN2O3S. The summed E-state index contributed by atoms with van der Waals surface area (Å²) in [6.07, 6.45) is 1.58. The van der Waals surface area contributed by atoms with E-state index in [-0.39, 0.29) is 17.3 Å². The second-order valence-corrected chi connectivity index (χ2v) is 10.8. The fourth-order valence-corrected chi connectivity index (χ4v) is 5.33. The molecule has 0 spiro atoms. The van der Waals surface area contributed by atoms with Gasteiger partial charge in [0.25, 0.3) is 0 Å². The van der Waals surface area contributed by atoms with Crippen LogP contribution in [0.3, 0.4) is 0 Å². The number of carbonyl (C=O) groups excluding carboxylic acids is 1. The van der Waals surface area contributed by atoms with Crippen LogP contribution in [0.25, 0.3) is 0 Å². The highest BCUT2D eigenvalue weighted by Gasteiger charge is 2.51. The zero-order chi connectivity index (χ0) is 20.6. The lowest BCUT2D eigenvalue weighted by atomic mass is 9.95. The number of halogens is 1. The smallest absolute Gasteiger partial charge is 0.241 e. The number of nitrogens with one attached hydrogen (secondary N) is 2. The van der Waals surface area contributed by atoms with Gasteiger partial charge in [-0.3, -0.25) is 4.79 Å². The molecule has 3 rings (SSSR count). The van der Waals surface area contributed by atoms with Crippen LogP contribution in [-0.4, -0.2) is 19.9 Å². The van der Waals surface area contributed by atoms with Gasteiger partial charge in [0.15, 0.2) is 0 Å². The van der Waals surface area contributed by atoms with Crippen molar-refractivity contribution in [2.75, 3.05) is 0 Å². The summed E-state index contributed by atoms with van der Waals surface area (Å²) in [6.45, 7) is 5.55. The van der Waals surface area contributed by atoms with Crippen LogP contribution in [0.15, 0.2) is 57.9 Å². The van der Waals surface area contributed by atoms with Crippen molar-refractivity contribution in [2.24, 2.45) is 0 Å². The minimum Gasteiger partial charge on any atom is -0.351 e. The van der Waals surface area contributed by atoms with E-state index in [1.165, 1.54) is 0 Å². The van der Waals surface area contributed by atoms with Crippen molar-refractivity contribution in [2.45, 2.75) is 56.0 Å². The standard InChI is InChI=1S/C21H25BrN2O3S/c1-20(2,3)24-28(26,27)18-10-5-4-7-15(18)14-23-19(25)21(11-12-21)16-8-6-9-17(22)13-16/h4-10,13,24H,11-12,14H2,1-3H3,(H,23,25). The monoisotopic (exact) mass is 464 g/mol. The molecule has 0 unspecified atom stereocenters. The Bertz CT molecular complexity index is 993. The van der Waals surface area contributed by atoms with E-state index >= 15 is 0 Å². The number of hydrogen-bond donors (Lipinski definition) is 2. The van der Waals surface area contributed by atoms with Crippen molar-refractivity contribution in [3.63, 3.8) is 0 Å². The van der Waals surface area contributed by atoms with Crippen molar-refractivity contribution in [1.29, 1.82) is 0 Å². The molecule has 7 heteroatoms. The lowest BCUT2D eigenvalue weighted by Crippen LogP contribution is -2.41. The number of rotatable bonds is 6. The molecule has 0 atom stereocenters. The molecule has 28 heavy (non-hydrogen) atoms. The highest BCUT2D eigenvalue weighted by molar-refractivity contribution is 9.10. The van der Waals surface area contributed by atoms with Crippen LogP contribution in [0.2, 0.25) is 0 Å². The molecular weight excluding hydrogens is 440 g/mol. The molecule has 0 aromatic heterocycles. The van der Waals surface area contributed by atoms with Crippen LogP contribution in [0.5, 0.6) is 0 Å². The van der Waals surface area contributed by atoms with Gasteiger partial charge < -0.3 is 5.32 Å². The maximum atomic E-state index is 12.9. The Morgan fingerprint density at radius 2 is 1.79 bits per heavy atom. The average molecular weight is 465 g/mol. The van der Waals surface area contributed by atoms with E-state index in [4.69, 9.17) is 0 Å². The van der Waals surface area contributed by atoms with Gasteiger partial charge in [0.2, 0.25) is 15.9 Å². The third kappa shape index (κ3) is 4.64. The normalized spacial score (nSPS) is 15.9. The molecule has 0 heterocycles. The Morgan fingerprint density at radius 3 is 2.39 bits per heavy atom. The van der Waals surface area contributed by atoms with Gasteiger partial charge in [-0.15, -0.1) is 0 Å². The van der Waals surface area contributed by atoms with Gasteiger partial charge in [-0.2, -0.15) is 0 Å². The maximum Gasteiger partial charge on any atom is 0.241 e. The maximum absolute atomic E-state index is 12.9. The quantitative estimate of drug-likeness (QED) is 0.680. The summed E-state index contributed by atoms with van der Waals surface area (Å²) in [4.78, 5) is 13.1. The van der Waals surface area contributed by atoms with E-state index in [2.05, 4.69) is 26.0 Å². The first-order valence-electron chi connectivity index (χ1n) is 9.20. The zero-order valence-electron chi connectivity index (χ0n) is 16.3. The van der Waals surface area contributed by atoms with Gasteiger partial charge in [-0.1, -0.05) is 46.3 Å². The van der Waals surface area contributed by atoms with E-state index in [1.807, 2.05) is 24.3 Å². The summed E-state index contributed by atoms with van der Waals surface area (Å²) in [7, 11) is -3.68. The van der Waals surface area contributed by atoms with Crippen LogP contribution in [0.4, 0.5) is 0 Å². The van der Waals surface area contributed by atoms with Crippen LogP contribution in [0, 0.1) is 0 Å². The van der Waals surface area contributed by atoms with Crippen LogP contribution < -0.4 is 10.0 Å². The molecule has 2 N–H and O–H groups in total. The summed E-state index contributed by atoms with van der Waals surface area (Å²) in [5.74, 6) is -0.0680. The Kier molecular flexibility index (Phi) is 5.71. The topological polar surface area (TPSA) is 75.3 Å². The third-order valence-electron chi connectivity index (χ3n) is 4.70. The molecule has 1 saturated carbocycles. The number of hydrogen-bond acceptors (Lipinski definition) is 3. The average Bonchev–Trinajstić information content (AvgIpc) is 3.40. The van der Waals surface area contributed by atoms with E-state index in [0.717, 1.165) is 22.9 Å². The highest BCUT2D eigenvalue weighted by Crippen LogP contribution is 2.48. The third-order valence-corrected chi connectivity index (χ3v) is 7.06. The predicted molar refractivity (Wildman–Crippen MR) is 113 cm³/mol. The van der Waals surface area contributed by atoms with Crippen LogP contribution >= 0.6 is 15.9 Å². The Labute approximate surface area is 175 Å². The van der Waals surface area contributed by atoms with Crippen LogP contribution in [0.1, 0.15) is 44.7 Å². The number of benzene rings is 2. The SMILES string of the molecule is CC(C)(C)NS(=O)(=O)c1ccccc1CNC(=O)C1(c2cccc(Br)c2)CC1. The summed E-state index contributed by atoms with van der Waals surface area (Å²) in [5.41, 5.74) is 0.446. The molecule has 0 aliphatic heterocycles. The molecule has 0 saturated heterocycles. The van der Waals surface area contributed by atoms with Gasteiger partial charge >= 0.3 is 0 Å². The molecule has 1 aliphatic carbocycles. The number of amides is 1. The Hall–Kier alpha value is -1.70. The molecule has 0 bridgehead atoms. The lowest BCUT2D eigenvalue weighted by molar-refractivity contribution is -0.123. The molecule has 0 radical (unpaired) electrons. The molecule has 5 nitrogen and oxygen atoms in total. The first kappa shape index (κ1) is 21.0. The van der Waals surface area contributed by atoms with Crippen molar-refractivity contribution in [3.05, 3.63) is 64.1 Å². The molecule has 2 aromatic rings. The largest absolute Gasteiger partial charge is 0.351 e. The van der Waals surface area contributed by atoms with Crippen molar-refractivity contribution in [3.8, 4) is 0 Å². The lowest BCUT2D eigenvalue weighted by Gasteiger charge is -2.22.